The molecule has 3 rings (SSSR count). The van der Waals surface area contributed by atoms with Crippen LogP contribution >= 0.6 is 0 Å². The Morgan fingerprint density at radius 2 is 1.44 bits per heavy atom. The van der Waals surface area contributed by atoms with E-state index in [4.69, 9.17) is 4.74 Å². The summed E-state index contributed by atoms with van der Waals surface area (Å²) >= 11 is 0. The van der Waals surface area contributed by atoms with E-state index >= 15 is 0 Å². The monoisotopic (exact) mass is 369 g/mol. The van der Waals surface area contributed by atoms with Gasteiger partial charge in [0.05, 0.1) is 26.9 Å². The van der Waals surface area contributed by atoms with Crippen LogP contribution in [0.4, 0.5) is 0 Å². The second kappa shape index (κ2) is 8.28. The smallest absolute Gasteiger partial charge is 0.387 e. The molecule has 1 heterocycles. The standard InChI is InChI=1S/C20H23N3O4/c1-27-19(24)20(23(25)26)14-21(12-17-8-4-2-5-9-17)16-22(15-20)13-18-10-6-3-7-11-18/h2-11H,12-16H2,1H3. The number of carbonyl (C=O) groups is 1. The highest BCUT2D eigenvalue weighted by molar-refractivity contribution is 5.80. The molecule has 0 radical (unpaired) electrons. The molecule has 2 aromatic rings. The van der Waals surface area contributed by atoms with Crippen LogP contribution in [-0.2, 0) is 22.6 Å². The van der Waals surface area contributed by atoms with Crippen LogP contribution < -0.4 is 0 Å². The van der Waals surface area contributed by atoms with E-state index in [2.05, 4.69) is 0 Å². The maximum Gasteiger partial charge on any atom is 0.387 e. The number of benzene rings is 2. The summed E-state index contributed by atoms with van der Waals surface area (Å²) in [4.78, 5) is 27.7. The SMILES string of the molecule is COC(=O)C1([N+](=O)[O-])CN(Cc2ccccc2)CN(Cc2ccccc2)C1. The fraction of sp³-hybridized carbons (Fsp3) is 0.350. The van der Waals surface area contributed by atoms with Gasteiger partial charge in [0.2, 0.25) is 0 Å². The van der Waals surface area contributed by atoms with Crippen molar-refractivity contribution in [1.29, 1.82) is 0 Å². The Morgan fingerprint density at radius 1 is 1.00 bits per heavy atom. The summed E-state index contributed by atoms with van der Waals surface area (Å²) in [7, 11) is 1.20. The number of hydrogen-bond donors (Lipinski definition) is 0. The van der Waals surface area contributed by atoms with Crippen molar-refractivity contribution < 1.29 is 14.5 Å². The van der Waals surface area contributed by atoms with Crippen molar-refractivity contribution in [3.63, 3.8) is 0 Å². The average Bonchev–Trinajstić information content (AvgIpc) is 2.68. The van der Waals surface area contributed by atoms with Crippen molar-refractivity contribution in [3.05, 3.63) is 81.9 Å². The number of hydrogen-bond acceptors (Lipinski definition) is 6. The van der Waals surface area contributed by atoms with Gasteiger partial charge in [-0.25, -0.2) is 4.79 Å². The van der Waals surface area contributed by atoms with Crippen LogP contribution in [0.25, 0.3) is 0 Å². The Kier molecular flexibility index (Phi) is 5.83. The Bertz CT molecular complexity index is 733. The zero-order valence-electron chi connectivity index (χ0n) is 15.3. The Balaban J connectivity index is 1.87. The Labute approximate surface area is 158 Å². The van der Waals surface area contributed by atoms with Crippen molar-refractivity contribution in [1.82, 2.24) is 9.80 Å². The minimum Gasteiger partial charge on any atom is -0.464 e. The van der Waals surface area contributed by atoms with E-state index in [-0.39, 0.29) is 13.1 Å². The summed E-state index contributed by atoms with van der Waals surface area (Å²) in [5.41, 5.74) is 0.290. The molecule has 0 amide bonds. The molecule has 2 aromatic carbocycles. The van der Waals surface area contributed by atoms with E-state index in [1.807, 2.05) is 70.5 Å². The summed E-state index contributed by atoms with van der Waals surface area (Å²) in [6.45, 7) is 1.63. The Morgan fingerprint density at radius 3 is 1.81 bits per heavy atom. The van der Waals surface area contributed by atoms with Crippen LogP contribution in [0, 0.1) is 10.1 Å². The van der Waals surface area contributed by atoms with Crippen LogP contribution in [0.3, 0.4) is 0 Å². The summed E-state index contributed by atoms with van der Waals surface area (Å²) in [6.07, 6.45) is 0. The molecule has 7 heteroatoms. The number of nitro groups is 1. The van der Waals surface area contributed by atoms with Gasteiger partial charge >= 0.3 is 11.5 Å². The molecule has 0 N–H and O–H groups in total. The van der Waals surface area contributed by atoms with Gasteiger partial charge in [-0.3, -0.25) is 19.9 Å². The van der Waals surface area contributed by atoms with Crippen molar-refractivity contribution in [2.45, 2.75) is 18.6 Å². The normalized spacial score (nSPS) is 17.4. The zero-order valence-corrected chi connectivity index (χ0v) is 15.3. The van der Waals surface area contributed by atoms with Gasteiger partial charge in [0.25, 0.3) is 0 Å². The third-order valence-electron chi connectivity index (χ3n) is 4.78. The van der Waals surface area contributed by atoms with Gasteiger partial charge in [0, 0.05) is 18.0 Å². The van der Waals surface area contributed by atoms with Gasteiger partial charge in [0.15, 0.2) is 0 Å². The van der Waals surface area contributed by atoms with Gasteiger partial charge in [-0.2, -0.15) is 0 Å². The van der Waals surface area contributed by atoms with E-state index in [0.717, 1.165) is 11.1 Å². The highest BCUT2D eigenvalue weighted by Crippen LogP contribution is 2.25. The van der Waals surface area contributed by atoms with Crippen molar-refractivity contribution in [2.24, 2.45) is 0 Å². The molecule has 1 aliphatic rings. The summed E-state index contributed by atoms with van der Waals surface area (Å²) in [5.74, 6) is -0.802. The molecule has 0 atom stereocenters. The zero-order chi connectivity index (χ0) is 19.3. The summed E-state index contributed by atoms with van der Waals surface area (Å²) < 4.78 is 4.82. The largest absolute Gasteiger partial charge is 0.464 e. The van der Waals surface area contributed by atoms with Crippen molar-refractivity contribution in [2.75, 3.05) is 26.9 Å². The Hall–Kier alpha value is -2.77. The molecular weight excluding hydrogens is 346 g/mol. The maximum atomic E-state index is 12.4. The third-order valence-corrected chi connectivity index (χ3v) is 4.78. The van der Waals surface area contributed by atoms with Crippen LogP contribution in [0.5, 0.6) is 0 Å². The first-order valence-electron chi connectivity index (χ1n) is 8.79. The molecule has 1 fully saturated rings. The number of nitrogens with zero attached hydrogens (tertiary/aromatic N) is 3. The molecule has 0 spiro atoms. The lowest BCUT2D eigenvalue weighted by Crippen LogP contribution is -2.66. The molecule has 1 aliphatic heterocycles. The number of ether oxygens (including phenoxy) is 1. The summed E-state index contributed by atoms with van der Waals surface area (Å²) in [6, 6.07) is 19.5. The molecule has 0 bridgehead atoms. The van der Waals surface area contributed by atoms with E-state index < -0.39 is 16.4 Å². The fourth-order valence-electron chi connectivity index (χ4n) is 3.58. The number of methoxy groups -OCH3 is 1. The molecule has 142 valence electrons. The predicted octanol–water partition coefficient (Wildman–Crippen LogP) is 2.15. The maximum absolute atomic E-state index is 12.4. The van der Waals surface area contributed by atoms with Gasteiger partial charge in [-0.15, -0.1) is 0 Å². The first-order chi connectivity index (χ1) is 13.0. The van der Waals surface area contributed by atoms with Gasteiger partial charge in [-0.05, 0) is 11.1 Å². The first kappa shape index (κ1) is 19.0. The highest BCUT2D eigenvalue weighted by Gasteiger charge is 2.57. The molecule has 1 saturated heterocycles. The lowest BCUT2D eigenvalue weighted by Gasteiger charge is -2.41. The molecule has 0 unspecified atom stereocenters. The van der Waals surface area contributed by atoms with Gasteiger partial charge in [-0.1, -0.05) is 60.7 Å². The predicted molar refractivity (Wildman–Crippen MR) is 100 cm³/mol. The van der Waals surface area contributed by atoms with Crippen molar-refractivity contribution >= 4 is 5.97 Å². The average molecular weight is 369 g/mol. The van der Waals surface area contributed by atoms with E-state index in [1.54, 1.807) is 0 Å². The molecule has 27 heavy (non-hydrogen) atoms. The van der Waals surface area contributed by atoms with E-state index in [0.29, 0.717) is 19.8 Å². The minimum atomic E-state index is -1.80. The van der Waals surface area contributed by atoms with Crippen LogP contribution in [0.2, 0.25) is 0 Å². The number of esters is 1. The van der Waals surface area contributed by atoms with Gasteiger partial charge in [0.1, 0.15) is 0 Å². The van der Waals surface area contributed by atoms with Crippen LogP contribution in [0.1, 0.15) is 11.1 Å². The molecule has 0 aliphatic carbocycles. The topological polar surface area (TPSA) is 75.9 Å². The van der Waals surface area contributed by atoms with E-state index in [1.165, 1.54) is 7.11 Å². The van der Waals surface area contributed by atoms with Crippen molar-refractivity contribution in [3.8, 4) is 0 Å². The second-order valence-electron chi connectivity index (χ2n) is 6.87. The third kappa shape index (κ3) is 4.32. The fourth-order valence-corrected chi connectivity index (χ4v) is 3.58. The molecule has 7 nitrogen and oxygen atoms in total. The molecular formula is C20H23N3O4. The summed E-state index contributed by atoms with van der Waals surface area (Å²) in [5, 5.41) is 11.9. The van der Waals surface area contributed by atoms with Crippen LogP contribution in [0.15, 0.2) is 60.7 Å². The highest BCUT2D eigenvalue weighted by atomic mass is 16.6. The number of rotatable bonds is 6. The quantitative estimate of drug-likeness (QED) is 0.441. The number of carbonyl (C=O) groups excluding carboxylic acids is 1. The lowest BCUT2D eigenvalue weighted by molar-refractivity contribution is -0.560. The molecule has 0 saturated carbocycles. The minimum absolute atomic E-state index is 0.0207. The van der Waals surface area contributed by atoms with Crippen LogP contribution in [-0.4, -0.2) is 53.1 Å². The van der Waals surface area contributed by atoms with Gasteiger partial charge < -0.3 is 4.74 Å². The molecule has 0 aromatic heterocycles. The van der Waals surface area contributed by atoms with E-state index in [9.17, 15) is 14.9 Å². The first-order valence-corrected chi connectivity index (χ1v) is 8.79. The second-order valence-corrected chi connectivity index (χ2v) is 6.87. The lowest BCUT2D eigenvalue weighted by atomic mass is 9.96.